The Balaban J connectivity index is 1.65. The first kappa shape index (κ1) is 18.8. The second-order valence-corrected chi connectivity index (χ2v) is 7.23. The third-order valence-corrected chi connectivity index (χ3v) is 5.26. The van der Waals surface area contributed by atoms with Crippen molar-refractivity contribution < 1.29 is 19.5 Å². The van der Waals surface area contributed by atoms with Crippen LogP contribution in [0.1, 0.15) is 39.6 Å². The van der Waals surface area contributed by atoms with Gasteiger partial charge < -0.3 is 10.4 Å². The van der Waals surface area contributed by atoms with Gasteiger partial charge in [-0.25, -0.2) is 9.79 Å². The summed E-state index contributed by atoms with van der Waals surface area (Å²) in [5.74, 6) is -1.35. The molecule has 0 aliphatic carbocycles. The van der Waals surface area contributed by atoms with Crippen molar-refractivity contribution >= 4 is 40.3 Å². The van der Waals surface area contributed by atoms with Crippen LogP contribution < -0.4 is 5.32 Å². The predicted molar refractivity (Wildman–Crippen MR) is 105 cm³/mol. The second kappa shape index (κ2) is 8.18. The highest BCUT2D eigenvalue weighted by Crippen LogP contribution is 2.26. The summed E-state index contributed by atoms with van der Waals surface area (Å²) in [6.45, 7) is 2.05. The number of nitrogens with zero attached hydrogens (tertiary/aromatic N) is 1. The molecule has 1 atom stereocenters. The van der Waals surface area contributed by atoms with E-state index in [0.29, 0.717) is 16.4 Å². The number of hydrogen-bond donors (Lipinski definition) is 2. The van der Waals surface area contributed by atoms with E-state index in [0.717, 1.165) is 12.0 Å². The molecule has 1 amide bonds. The van der Waals surface area contributed by atoms with Crippen LogP contribution in [0.25, 0.3) is 0 Å². The Morgan fingerprint density at radius 3 is 2.30 bits per heavy atom. The Bertz CT molecular complexity index is 905. The highest BCUT2D eigenvalue weighted by atomic mass is 32.2. The summed E-state index contributed by atoms with van der Waals surface area (Å²) < 4.78 is 0. The maximum absolute atomic E-state index is 12.4. The molecule has 7 heteroatoms. The van der Waals surface area contributed by atoms with E-state index in [2.05, 4.69) is 10.3 Å². The van der Waals surface area contributed by atoms with Crippen molar-refractivity contribution in [1.29, 1.82) is 0 Å². The van der Waals surface area contributed by atoms with Gasteiger partial charge in [-0.2, -0.15) is 0 Å². The van der Waals surface area contributed by atoms with Crippen molar-refractivity contribution in [2.75, 3.05) is 0 Å². The topological polar surface area (TPSA) is 95.8 Å². The quantitative estimate of drug-likeness (QED) is 0.746. The lowest BCUT2D eigenvalue weighted by Gasteiger charge is -2.05. The molecule has 6 nitrogen and oxygen atoms in total. The normalized spacial score (nSPS) is 17.7. The first-order chi connectivity index (χ1) is 13.0. The number of carboxylic acid groups (broad SMARTS) is 1. The zero-order valence-corrected chi connectivity index (χ0v) is 15.5. The first-order valence-electron chi connectivity index (χ1n) is 8.48. The van der Waals surface area contributed by atoms with Gasteiger partial charge in [0, 0.05) is 12.0 Å². The molecule has 3 rings (SSSR count). The van der Waals surface area contributed by atoms with Crippen LogP contribution in [0.5, 0.6) is 0 Å². The summed E-state index contributed by atoms with van der Waals surface area (Å²) in [7, 11) is 0. The van der Waals surface area contributed by atoms with Crippen LogP contribution in [0, 0.1) is 0 Å². The summed E-state index contributed by atoms with van der Waals surface area (Å²) in [5, 5.41) is 11.5. The molecule has 27 heavy (non-hydrogen) atoms. The average molecular weight is 382 g/mol. The van der Waals surface area contributed by atoms with Crippen molar-refractivity contribution in [3.8, 4) is 0 Å². The smallest absolute Gasteiger partial charge is 0.335 e. The van der Waals surface area contributed by atoms with E-state index in [-0.39, 0.29) is 23.7 Å². The third-order valence-electron chi connectivity index (χ3n) is 4.18. The standard InChI is InChI=1S/C20H18N2O4S/c1-2-12-3-5-13(6-4-12)16(23)11-17-18(24)22-20(27-17)21-15-9-7-14(8-10-15)19(25)26/h3-10,17H,2,11H2,1H3,(H,25,26)(H,21,22,24). The maximum atomic E-state index is 12.4. The van der Waals surface area contributed by atoms with E-state index in [1.807, 2.05) is 19.1 Å². The van der Waals surface area contributed by atoms with Crippen LogP contribution in [-0.2, 0) is 11.2 Å². The number of carboxylic acids is 1. The Kier molecular flexibility index (Phi) is 5.71. The SMILES string of the molecule is CCc1ccc(C(=O)CC2SC(=Nc3ccc(C(=O)O)cc3)NC2=O)cc1. The van der Waals surface area contributed by atoms with Gasteiger partial charge in [0.15, 0.2) is 11.0 Å². The van der Waals surface area contributed by atoms with Crippen LogP contribution in [-0.4, -0.2) is 33.2 Å². The number of aliphatic imine (C=N–C) groups is 1. The molecule has 2 aromatic carbocycles. The monoisotopic (exact) mass is 382 g/mol. The molecular weight excluding hydrogens is 364 g/mol. The fourth-order valence-corrected chi connectivity index (χ4v) is 3.59. The lowest BCUT2D eigenvalue weighted by Crippen LogP contribution is -2.26. The van der Waals surface area contributed by atoms with Crippen molar-refractivity contribution in [3.63, 3.8) is 0 Å². The minimum absolute atomic E-state index is 0.0858. The Hall–Kier alpha value is -2.93. The minimum atomic E-state index is -1.01. The number of aryl methyl sites for hydroxylation is 1. The maximum Gasteiger partial charge on any atom is 0.335 e. The molecule has 0 bridgehead atoms. The fraction of sp³-hybridized carbons (Fsp3) is 0.200. The number of thioether (sulfide) groups is 1. The molecule has 1 fully saturated rings. The minimum Gasteiger partial charge on any atom is -0.478 e. The summed E-state index contributed by atoms with van der Waals surface area (Å²) in [6, 6.07) is 13.4. The van der Waals surface area contributed by atoms with Crippen LogP contribution in [0.2, 0.25) is 0 Å². The Morgan fingerprint density at radius 2 is 1.70 bits per heavy atom. The molecule has 0 aromatic heterocycles. The molecule has 2 aromatic rings. The van der Waals surface area contributed by atoms with Crippen LogP contribution in [0.4, 0.5) is 5.69 Å². The van der Waals surface area contributed by atoms with E-state index in [1.54, 1.807) is 24.3 Å². The molecular formula is C20H18N2O4S. The van der Waals surface area contributed by atoms with E-state index >= 15 is 0 Å². The molecule has 1 saturated heterocycles. The van der Waals surface area contributed by atoms with Crippen LogP contribution >= 0.6 is 11.8 Å². The van der Waals surface area contributed by atoms with Gasteiger partial charge in [-0.05, 0) is 36.2 Å². The number of amides is 1. The summed E-state index contributed by atoms with van der Waals surface area (Å²) in [5.41, 5.74) is 2.45. The van der Waals surface area contributed by atoms with Gasteiger partial charge in [0.1, 0.15) is 0 Å². The molecule has 138 valence electrons. The van der Waals surface area contributed by atoms with Crippen LogP contribution in [0.15, 0.2) is 53.5 Å². The molecule has 2 N–H and O–H groups in total. The Morgan fingerprint density at radius 1 is 1.07 bits per heavy atom. The number of carbonyl (C=O) groups excluding carboxylic acids is 2. The number of amidine groups is 1. The van der Waals surface area contributed by atoms with E-state index in [9.17, 15) is 14.4 Å². The van der Waals surface area contributed by atoms with E-state index in [4.69, 9.17) is 5.11 Å². The van der Waals surface area contributed by atoms with Gasteiger partial charge in [0.05, 0.1) is 16.5 Å². The number of carbonyl (C=O) groups is 3. The summed E-state index contributed by atoms with van der Waals surface area (Å²) >= 11 is 1.21. The molecule has 0 saturated carbocycles. The average Bonchev–Trinajstić information content (AvgIpc) is 3.01. The number of rotatable bonds is 6. The molecule has 1 aliphatic rings. The van der Waals surface area contributed by atoms with Gasteiger partial charge in [-0.1, -0.05) is 43.0 Å². The molecule has 1 aliphatic heterocycles. The number of ketones is 1. The zero-order chi connectivity index (χ0) is 19.4. The Labute approximate surface area is 160 Å². The molecule has 1 unspecified atom stereocenters. The highest BCUT2D eigenvalue weighted by molar-refractivity contribution is 8.15. The molecule has 0 spiro atoms. The van der Waals surface area contributed by atoms with E-state index < -0.39 is 11.2 Å². The number of aromatic carboxylic acids is 1. The van der Waals surface area contributed by atoms with Gasteiger partial charge in [0.25, 0.3) is 0 Å². The van der Waals surface area contributed by atoms with Crippen molar-refractivity contribution in [2.24, 2.45) is 4.99 Å². The van der Waals surface area contributed by atoms with Crippen molar-refractivity contribution in [3.05, 3.63) is 65.2 Å². The number of Topliss-reactive ketones (excluding diaryl/α,β-unsaturated/α-hetero) is 1. The van der Waals surface area contributed by atoms with Gasteiger partial charge in [-0.3, -0.25) is 9.59 Å². The van der Waals surface area contributed by atoms with Gasteiger partial charge >= 0.3 is 5.97 Å². The zero-order valence-electron chi connectivity index (χ0n) is 14.6. The highest BCUT2D eigenvalue weighted by Gasteiger charge is 2.32. The summed E-state index contributed by atoms with van der Waals surface area (Å²) in [4.78, 5) is 39.7. The molecule has 1 heterocycles. The summed E-state index contributed by atoms with van der Waals surface area (Å²) in [6.07, 6.45) is 1.00. The number of nitrogens with one attached hydrogen (secondary N) is 1. The second-order valence-electron chi connectivity index (χ2n) is 6.04. The fourth-order valence-electron chi connectivity index (χ4n) is 2.60. The lowest BCUT2D eigenvalue weighted by molar-refractivity contribution is -0.118. The predicted octanol–water partition coefficient (Wildman–Crippen LogP) is 3.44. The number of benzene rings is 2. The van der Waals surface area contributed by atoms with Crippen LogP contribution in [0.3, 0.4) is 0 Å². The van der Waals surface area contributed by atoms with E-state index in [1.165, 1.54) is 23.9 Å². The lowest BCUT2D eigenvalue weighted by atomic mass is 10.0. The van der Waals surface area contributed by atoms with Crippen molar-refractivity contribution in [1.82, 2.24) is 5.32 Å². The van der Waals surface area contributed by atoms with Gasteiger partial charge in [-0.15, -0.1) is 0 Å². The molecule has 0 radical (unpaired) electrons. The largest absolute Gasteiger partial charge is 0.478 e. The third kappa shape index (κ3) is 4.62. The van der Waals surface area contributed by atoms with Crippen molar-refractivity contribution in [2.45, 2.75) is 25.0 Å². The first-order valence-corrected chi connectivity index (χ1v) is 9.36. The number of hydrogen-bond acceptors (Lipinski definition) is 5. The van der Waals surface area contributed by atoms with Gasteiger partial charge in [0.2, 0.25) is 5.91 Å².